The Morgan fingerprint density at radius 1 is 1.27 bits per heavy atom. The molecule has 0 radical (unpaired) electrons. The summed E-state index contributed by atoms with van der Waals surface area (Å²) in [6.45, 7) is 1.86. The molecule has 3 rings (SSSR count). The molecule has 1 saturated carbocycles. The molecule has 3 amide bonds. The molecule has 7 nitrogen and oxygen atoms in total. The van der Waals surface area contributed by atoms with Crippen molar-refractivity contribution in [2.75, 3.05) is 19.6 Å². The van der Waals surface area contributed by atoms with Gasteiger partial charge in [0.1, 0.15) is 5.82 Å². The van der Waals surface area contributed by atoms with Gasteiger partial charge in [-0.2, -0.15) is 0 Å². The summed E-state index contributed by atoms with van der Waals surface area (Å²) in [4.78, 5) is 30.3. The average Bonchev–Trinajstić information content (AvgIpc) is 2.62. The van der Waals surface area contributed by atoms with E-state index in [9.17, 15) is 22.8 Å². The van der Waals surface area contributed by atoms with Crippen LogP contribution >= 0.6 is 11.6 Å². The van der Waals surface area contributed by atoms with Gasteiger partial charge in [-0.25, -0.2) is 18.0 Å². The lowest BCUT2D eigenvalue weighted by molar-refractivity contribution is -0.124. The van der Waals surface area contributed by atoms with Crippen LogP contribution in [0.4, 0.5) is 18.0 Å². The molecule has 0 aromatic heterocycles. The molecular formula is C19H21ClF3N5O2. The lowest BCUT2D eigenvalue weighted by atomic mass is 9.75. The van der Waals surface area contributed by atoms with E-state index in [1.54, 1.807) is 6.92 Å². The molecule has 5 N–H and O–H groups in total. The van der Waals surface area contributed by atoms with Gasteiger partial charge in [0.05, 0.1) is 40.6 Å². The Bertz CT molecular complexity index is 955. The normalized spacial score (nSPS) is 20.6. The second kappa shape index (κ2) is 7.82. The van der Waals surface area contributed by atoms with Crippen molar-refractivity contribution in [2.24, 2.45) is 16.5 Å². The summed E-state index contributed by atoms with van der Waals surface area (Å²) < 4.78 is 39.8. The molecule has 0 bridgehead atoms. The van der Waals surface area contributed by atoms with E-state index in [0.29, 0.717) is 0 Å². The van der Waals surface area contributed by atoms with E-state index < -0.39 is 42.1 Å². The van der Waals surface area contributed by atoms with Crippen LogP contribution in [0.1, 0.15) is 25.3 Å². The predicted molar refractivity (Wildman–Crippen MR) is 107 cm³/mol. The van der Waals surface area contributed by atoms with Gasteiger partial charge in [0.15, 0.2) is 0 Å². The molecule has 0 saturated heterocycles. The maximum atomic E-state index is 13.4. The van der Waals surface area contributed by atoms with Crippen molar-refractivity contribution in [3.05, 3.63) is 40.2 Å². The Hall–Kier alpha value is -2.75. The molecule has 30 heavy (non-hydrogen) atoms. The van der Waals surface area contributed by atoms with Gasteiger partial charge in [0, 0.05) is 19.4 Å². The van der Waals surface area contributed by atoms with E-state index in [1.807, 2.05) is 0 Å². The number of primary amides is 1. The van der Waals surface area contributed by atoms with Crippen molar-refractivity contribution in [3.8, 4) is 0 Å². The number of amides is 3. The number of nitrogens with two attached hydrogens (primary N) is 2. The minimum absolute atomic E-state index is 0.0593. The molecule has 0 atom stereocenters. The van der Waals surface area contributed by atoms with Gasteiger partial charge in [-0.3, -0.25) is 9.79 Å². The van der Waals surface area contributed by atoms with Crippen LogP contribution in [0.3, 0.4) is 0 Å². The van der Waals surface area contributed by atoms with Gasteiger partial charge in [0.25, 0.3) is 11.8 Å². The number of hydrogen-bond donors (Lipinski definition) is 3. The molecule has 1 fully saturated rings. The number of hydrogen-bond acceptors (Lipinski definition) is 4. The Kier molecular flexibility index (Phi) is 5.72. The molecule has 162 valence electrons. The zero-order valence-corrected chi connectivity index (χ0v) is 16.9. The number of halogens is 4. The first-order valence-corrected chi connectivity index (χ1v) is 9.52. The lowest BCUT2D eigenvalue weighted by Crippen LogP contribution is -2.63. The van der Waals surface area contributed by atoms with Gasteiger partial charge >= 0.3 is 6.03 Å². The van der Waals surface area contributed by atoms with Crippen molar-refractivity contribution in [1.82, 2.24) is 10.2 Å². The first-order valence-electron chi connectivity index (χ1n) is 9.14. The fourth-order valence-electron chi connectivity index (χ4n) is 3.70. The van der Waals surface area contributed by atoms with Gasteiger partial charge in [-0.1, -0.05) is 11.6 Å². The molecule has 11 heteroatoms. The Morgan fingerprint density at radius 3 is 2.50 bits per heavy atom. The summed E-state index contributed by atoms with van der Waals surface area (Å²) in [5.74, 6) is -4.31. The highest BCUT2D eigenvalue weighted by atomic mass is 35.5. The number of aliphatic imine (C=N–C) groups is 1. The van der Waals surface area contributed by atoms with Crippen LogP contribution in [0.5, 0.6) is 0 Å². The smallest absolute Gasteiger partial charge is 0.318 e. The number of alkyl halides is 2. The molecule has 1 aromatic carbocycles. The molecular weight excluding hydrogens is 423 g/mol. The van der Waals surface area contributed by atoms with E-state index in [1.165, 1.54) is 17.0 Å². The zero-order valence-electron chi connectivity index (χ0n) is 16.1. The molecule has 2 aliphatic rings. The molecule has 1 aliphatic carbocycles. The number of benzene rings is 1. The van der Waals surface area contributed by atoms with E-state index in [2.05, 4.69) is 10.3 Å². The largest absolute Gasteiger partial charge is 0.398 e. The maximum Gasteiger partial charge on any atom is 0.318 e. The highest BCUT2D eigenvalue weighted by molar-refractivity contribution is 6.31. The highest BCUT2D eigenvalue weighted by Crippen LogP contribution is 2.45. The minimum atomic E-state index is -2.79. The number of nitrogens with one attached hydrogen (secondary N) is 1. The highest BCUT2D eigenvalue weighted by Gasteiger charge is 2.54. The van der Waals surface area contributed by atoms with Crippen molar-refractivity contribution < 1.29 is 22.8 Å². The SMILES string of the molecule is CC1(NC(=O)N2CCN=C(C(C(N)=O)=C(N)c3ccc(F)c(Cl)c3)C2)CC(F)(F)C1. The summed E-state index contributed by atoms with van der Waals surface area (Å²) in [5, 5.41) is 2.43. The van der Waals surface area contributed by atoms with Gasteiger partial charge in [-0.15, -0.1) is 0 Å². The summed E-state index contributed by atoms with van der Waals surface area (Å²) in [6, 6.07) is 3.14. The van der Waals surface area contributed by atoms with Crippen LogP contribution in [0.25, 0.3) is 5.70 Å². The van der Waals surface area contributed by atoms with Gasteiger partial charge in [0.2, 0.25) is 0 Å². The van der Waals surface area contributed by atoms with E-state index >= 15 is 0 Å². The maximum absolute atomic E-state index is 13.4. The van der Waals surface area contributed by atoms with Crippen molar-refractivity contribution in [2.45, 2.75) is 31.2 Å². The monoisotopic (exact) mass is 443 g/mol. The third-order valence-corrected chi connectivity index (χ3v) is 5.33. The van der Waals surface area contributed by atoms with Crippen molar-refractivity contribution in [1.29, 1.82) is 0 Å². The van der Waals surface area contributed by atoms with E-state index in [0.717, 1.165) is 6.07 Å². The topological polar surface area (TPSA) is 114 Å². The minimum Gasteiger partial charge on any atom is -0.398 e. The van der Waals surface area contributed by atoms with Crippen LogP contribution in [0.2, 0.25) is 5.02 Å². The fraction of sp³-hybridized carbons (Fsp3) is 0.421. The van der Waals surface area contributed by atoms with Crippen LogP contribution < -0.4 is 16.8 Å². The Balaban J connectivity index is 1.81. The van der Waals surface area contributed by atoms with Crippen LogP contribution in [-0.2, 0) is 4.79 Å². The van der Waals surface area contributed by atoms with Crippen molar-refractivity contribution >= 4 is 34.9 Å². The summed E-state index contributed by atoms with van der Waals surface area (Å²) in [5.41, 5.74) is 10.8. The molecule has 1 heterocycles. The molecule has 1 aliphatic heterocycles. The number of rotatable bonds is 4. The number of carbonyl (C=O) groups excluding carboxylic acids is 2. The zero-order chi connectivity index (χ0) is 22.3. The fourth-order valence-corrected chi connectivity index (χ4v) is 3.88. The number of urea groups is 1. The quantitative estimate of drug-likeness (QED) is 0.620. The van der Waals surface area contributed by atoms with Crippen LogP contribution in [-0.4, -0.2) is 53.6 Å². The molecule has 0 unspecified atom stereocenters. The second-order valence-corrected chi connectivity index (χ2v) is 8.14. The second-order valence-electron chi connectivity index (χ2n) is 7.73. The number of nitrogens with zero attached hydrogens (tertiary/aromatic N) is 2. The van der Waals surface area contributed by atoms with Crippen molar-refractivity contribution in [3.63, 3.8) is 0 Å². The third-order valence-electron chi connectivity index (χ3n) is 5.04. The summed E-state index contributed by atoms with van der Waals surface area (Å²) >= 11 is 5.78. The summed E-state index contributed by atoms with van der Waals surface area (Å²) in [7, 11) is 0. The Labute approximate surface area is 175 Å². The average molecular weight is 444 g/mol. The van der Waals surface area contributed by atoms with E-state index in [-0.39, 0.29) is 47.2 Å². The summed E-state index contributed by atoms with van der Waals surface area (Å²) in [6.07, 6.45) is -0.878. The Morgan fingerprint density at radius 2 is 1.93 bits per heavy atom. The van der Waals surface area contributed by atoms with E-state index in [4.69, 9.17) is 23.1 Å². The molecule has 0 spiro atoms. The lowest BCUT2D eigenvalue weighted by Gasteiger charge is -2.46. The van der Waals surface area contributed by atoms with Gasteiger partial charge in [-0.05, 0) is 30.7 Å². The first kappa shape index (κ1) is 21.9. The molecule has 1 aromatic rings. The predicted octanol–water partition coefficient (Wildman–Crippen LogP) is 2.29. The third kappa shape index (κ3) is 4.53. The first-order chi connectivity index (χ1) is 13.9. The van der Waals surface area contributed by atoms with Crippen LogP contribution in [0.15, 0.2) is 28.8 Å². The standard InChI is InChI=1S/C19H21ClF3N5O2/c1-18(8-19(22,23)9-18)27-17(30)28-5-4-26-13(7-28)14(16(25)29)15(24)10-2-3-12(21)11(20)6-10/h2-3,6H,4-5,7-9,24H2,1H3,(H2,25,29)(H,27,30). The number of carbonyl (C=O) groups is 2. The van der Waals surface area contributed by atoms with Crippen LogP contribution in [0, 0.1) is 5.82 Å². The van der Waals surface area contributed by atoms with Gasteiger partial charge < -0.3 is 21.7 Å².